The molecular formula is C22H30O4. The van der Waals surface area contributed by atoms with E-state index in [0.29, 0.717) is 0 Å². The fourth-order valence-corrected chi connectivity index (χ4v) is 2.95. The smallest absolute Gasteiger partial charge is 0.323 e. The predicted octanol–water partition coefficient (Wildman–Crippen LogP) is 4.70. The summed E-state index contributed by atoms with van der Waals surface area (Å²) >= 11 is 0. The summed E-state index contributed by atoms with van der Waals surface area (Å²) in [6.45, 7) is 8.72. The highest BCUT2D eigenvalue weighted by Gasteiger charge is 2.26. The lowest BCUT2D eigenvalue weighted by Gasteiger charge is -2.32. The van der Waals surface area contributed by atoms with Crippen molar-refractivity contribution in [2.45, 2.75) is 40.5 Å². The third-order valence-corrected chi connectivity index (χ3v) is 4.57. The second-order valence-corrected chi connectivity index (χ2v) is 7.07. The van der Waals surface area contributed by atoms with Crippen LogP contribution in [0.4, 0.5) is 0 Å². The Hall–Kier alpha value is -2.36. The predicted molar refractivity (Wildman–Crippen MR) is 104 cm³/mol. The van der Waals surface area contributed by atoms with Gasteiger partial charge in [-0.15, -0.1) is 0 Å². The van der Waals surface area contributed by atoms with Gasteiger partial charge in [0.15, 0.2) is 5.92 Å². The molecule has 4 heteroatoms. The molecule has 1 rings (SSSR count). The first-order valence-electron chi connectivity index (χ1n) is 8.79. The largest absolute Gasteiger partial charge is 0.468 e. The van der Waals surface area contributed by atoms with Crippen LogP contribution < -0.4 is 0 Å². The molecule has 0 bridgehead atoms. The van der Waals surface area contributed by atoms with E-state index in [4.69, 9.17) is 0 Å². The Morgan fingerprint density at radius 2 is 1.77 bits per heavy atom. The van der Waals surface area contributed by atoms with Gasteiger partial charge < -0.3 is 9.47 Å². The molecule has 0 atom stereocenters. The average molecular weight is 358 g/mol. The molecule has 0 unspecified atom stereocenters. The van der Waals surface area contributed by atoms with E-state index in [0.717, 1.165) is 18.4 Å². The van der Waals surface area contributed by atoms with Crippen LogP contribution in [0.25, 0.3) is 0 Å². The molecule has 0 aromatic heterocycles. The summed E-state index contributed by atoms with van der Waals surface area (Å²) in [5.41, 5.74) is 3.97. The minimum atomic E-state index is -1.04. The lowest BCUT2D eigenvalue weighted by Crippen LogP contribution is -2.24. The molecule has 0 amide bonds. The van der Waals surface area contributed by atoms with Gasteiger partial charge in [-0.25, -0.2) is 0 Å². The van der Waals surface area contributed by atoms with Crippen molar-refractivity contribution in [2.24, 2.45) is 11.3 Å². The summed E-state index contributed by atoms with van der Waals surface area (Å²) in [6.07, 6.45) is 15.7. The first kappa shape index (κ1) is 21.7. The zero-order chi connectivity index (χ0) is 19.7. The van der Waals surface area contributed by atoms with E-state index >= 15 is 0 Å². The van der Waals surface area contributed by atoms with Crippen molar-refractivity contribution in [1.82, 2.24) is 0 Å². The van der Waals surface area contributed by atoms with Crippen molar-refractivity contribution in [1.29, 1.82) is 0 Å². The van der Waals surface area contributed by atoms with E-state index in [2.05, 4.69) is 48.5 Å². The number of carbonyl (C=O) groups excluding carboxylic acids is 2. The summed E-state index contributed by atoms with van der Waals surface area (Å²) in [5.74, 6) is -2.32. The van der Waals surface area contributed by atoms with Gasteiger partial charge in [-0.2, -0.15) is 0 Å². The molecular weight excluding hydrogens is 328 g/mol. The molecule has 0 saturated heterocycles. The third-order valence-electron chi connectivity index (χ3n) is 4.57. The van der Waals surface area contributed by atoms with Gasteiger partial charge in [0, 0.05) is 0 Å². The maximum Gasteiger partial charge on any atom is 0.323 e. The molecule has 0 aromatic rings. The first-order chi connectivity index (χ1) is 12.2. The Morgan fingerprint density at radius 3 is 2.31 bits per heavy atom. The fourth-order valence-electron chi connectivity index (χ4n) is 2.95. The fraction of sp³-hybridized carbons (Fsp3) is 0.455. The van der Waals surface area contributed by atoms with Gasteiger partial charge in [-0.1, -0.05) is 67.5 Å². The van der Waals surface area contributed by atoms with Crippen molar-refractivity contribution in [2.75, 3.05) is 14.2 Å². The summed E-state index contributed by atoms with van der Waals surface area (Å²) < 4.78 is 9.22. The first-order valence-corrected chi connectivity index (χ1v) is 8.79. The molecule has 1 aliphatic carbocycles. The van der Waals surface area contributed by atoms with E-state index in [1.165, 1.54) is 31.4 Å². The topological polar surface area (TPSA) is 52.6 Å². The van der Waals surface area contributed by atoms with Crippen LogP contribution in [0.1, 0.15) is 40.5 Å². The van der Waals surface area contributed by atoms with Gasteiger partial charge >= 0.3 is 11.9 Å². The Labute approximate surface area is 156 Å². The van der Waals surface area contributed by atoms with E-state index in [1.807, 2.05) is 13.0 Å². The molecule has 0 aliphatic heterocycles. The molecule has 0 spiro atoms. The Balaban J connectivity index is 2.84. The van der Waals surface area contributed by atoms with Crippen molar-refractivity contribution < 1.29 is 19.1 Å². The summed E-state index contributed by atoms with van der Waals surface area (Å²) in [7, 11) is 2.48. The molecule has 0 N–H and O–H groups in total. The number of rotatable bonds is 6. The number of esters is 2. The average Bonchev–Trinajstić information content (AvgIpc) is 2.59. The Kier molecular flexibility index (Phi) is 8.30. The molecule has 0 radical (unpaired) electrons. The van der Waals surface area contributed by atoms with Gasteiger partial charge in [0.25, 0.3) is 0 Å². The number of hydrogen-bond donors (Lipinski definition) is 0. The number of allylic oxidation sites excluding steroid dienone is 9. The molecule has 26 heavy (non-hydrogen) atoms. The normalized spacial score (nSPS) is 19.3. The summed E-state index contributed by atoms with van der Waals surface area (Å²) in [5, 5.41) is 0. The van der Waals surface area contributed by atoms with Crippen LogP contribution in [-0.4, -0.2) is 26.2 Å². The maximum absolute atomic E-state index is 11.6. The van der Waals surface area contributed by atoms with Crippen LogP contribution in [0.3, 0.4) is 0 Å². The quantitative estimate of drug-likeness (QED) is 0.392. The number of carbonyl (C=O) groups is 2. The molecule has 0 fully saturated rings. The molecule has 1 aliphatic rings. The number of hydrogen-bond acceptors (Lipinski definition) is 4. The third kappa shape index (κ3) is 6.17. The molecule has 0 saturated carbocycles. The van der Waals surface area contributed by atoms with Crippen LogP contribution >= 0.6 is 0 Å². The standard InChI is InChI=1S/C22H30O4/c1-16(13-14-19-17(2)11-9-15-22(19,3)4)10-7-8-12-18(20(23)25-5)21(24)26-6/h7-8,10-14,18H,9,15H2,1-6H3/b10-7+,12-8+,16-13+,19-14-. The highest BCUT2D eigenvalue weighted by molar-refractivity contribution is 5.96. The second-order valence-electron chi connectivity index (χ2n) is 7.07. The van der Waals surface area contributed by atoms with Crippen molar-refractivity contribution in [3.8, 4) is 0 Å². The Morgan fingerprint density at radius 1 is 1.15 bits per heavy atom. The van der Waals surface area contributed by atoms with E-state index < -0.39 is 17.9 Å². The lowest BCUT2D eigenvalue weighted by molar-refractivity contribution is -0.156. The Bertz CT molecular complexity index is 656. The van der Waals surface area contributed by atoms with Crippen molar-refractivity contribution in [3.05, 3.63) is 59.3 Å². The zero-order valence-corrected chi connectivity index (χ0v) is 16.7. The van der Waals surface area contributed by atoms with Crippen molar-refractivity contribution in [3.63, 3.8) is 0 Å². The molecule has 4 nitrogen and oxygen atoms in total. The van der Waals surface area contributed by atoms with Crippen LogP contribution in [0.2, 0.25) is 0 Å². The van der Waals surface area contributed by atoms with Gasteiger partial charge in [0.1, 0.15) is 0 Å². The van der Waals surface area contributed by atoms with E-state index in [1.54, 1.807) is 12.2 Å². The monoisotopic (exact) mass is 358 g/mol. The van der Waals surface area contributed by atoms with E-state index in [9.17, 15) is 9.59 Å². The van der Waals surface area contributed by atoms with E-state index in [-0.39, 0.29) is 5.41 Å². The van der Waals surface area contributed by atoms with Crippen LogP contribution in [0.15, 0.2) is 59.3 Å². The SMILES string of the molecule is COC(=O)C(/C=C/C=C/C(C)=C/C=C1/C(C)=CCCC1(C)C)C(=O)OC. The molecule has 0 heterocycles. The van der Waals surface area contributed by atoms with Crippen molar-refractivity contribution >= 4 is 11.9 Å². The van der Waals surface area contributed by atoms with Crippen LogP contribution in [-0.2, 0) is 19.1 Å². The minimum Gasteiger partial charge on any atom is -0.468 e. The molecule has 142 valence electrons. The van der Waals surface area contributed by atoms with Crippen LogP contribution in [0.5, 0.6) is 0 Å². The summed E-state index contributed by atoms with van der Waals surface area (Å²) in [4.78, 5) is 23.2. The minimum absolute atomic E-state index is 0.188. The van der Waals surface area contributed by atoms with Gasteiger partial charge in [-0.3, -0.25) is 9.59 Å². The highest BCUT2D eigenvalue weighted by Crippen LogP contribution is 2.40. The number of methoxy groups -OCH3 is 2. The maximum atomic E-state index is 11.6. The zero-order valence-electron chi connectivity index (χ0n) is 16.7. The molecule has 0 aromatic carbocycles. The highest BCUT2D eigenvalue weighted by atomic mass is 16.5. The summed E-state index contributed by atoms with van der Waals surface area (Å²) in [6, 6.07) is 0. The van der Waals surface area contributed by atoms with Gasteiger partial charge in [-0.05, 0) is 37.7 Å². The lowest BCUT2D eigenvalue weighted by atomic mass is 9.73. The van der Waals surface area contributed by atoms with Gasteiger partial charge in [0.2, 0.25) is 0 Å². The van der Waals surface area contributed by atoms with Crippen LogP contribution in [0, 0.1) is 11.3 Å². The second kappa shape index (κ2) is 9.95. The van der Waals surface area contributed by atoms with Gasteiger partial charge in [0.05, 0.1) is 14.2 Å². The number of ether oxygens (including phenoxy) is 2.